The van der Waals surface area contributed by atoms with Crippen LogP contribution in [0, 0.1) is 5.92 Å². The summed E-state index contributed by atoms with van der Waals surface area (Å²) in [4.78, 5) is 7.12. The van der Waals surface area contributed by atoms with Crippen LogP contribution in [0.2, 0.25) is 0 Å². The van der Waals surface area contributed by atoms with Crippen molar-refractivity contribution in [2.45, 2.75) is 69.7 Å². The second-order valence-corrected chi connectivity index (χ2v) is 8.63. The average molecular weight is 468 g/mol. The van der Waals surface area contributed by atoms with Gasteiger partial charge in [-0.05, 0) is 63.8 Å². The summed E-state index contributed by atoms with van der Waals surface area (Å²) in [6.45, 7) is 8.21. The van der Waals surface area contributed by atoms with E-state index in [1.54, 1.807) is 0 Å². The number of rotatable bonds is 7. The predicted molar refractivity (Wildman–Crippen MR) is 119 cm³/mol. The number of halogens is 1. The van der Waals surface area contributed by atoms with Crippen molar-refractivity contribution < 1.29 is 0 Å². The van der Waals surface area contributed by atoms with Gasteiger partial charge in [0.15, 0.2) is 5.96 Å². The first kappa shape index (κ1) is 22.4. The van der Waals surface area contributed by atoms with Crippen LogP contribution in [0.15, 0.2) is 4.99 Å². The molecule has 3 atom stereocenters. The molecule has 2 rings (SSSR count). The molecule has 1 aliphatic heterocycles. The summed E-state index contributed by atoms with van der Waals surface area (Å²) in [6, 6.07) is 1.23. The quantitative estimate of drug-likeness (QED) is 0.341. The fourth-order valence-electron chi connectivity index (χ4n) is 3.90. The van der Waals surface area contributed by atoms with Crippen molar-refractivity contribution >= 4 is 41.7 Å². The van der Waals surface area contributed by atoms with Crippen LogP contribution in [0.1, 0.15) is 52.4 Å². The Morgan fingerprint density at radius 3 is 2.50 bits per heavy atom. The lowest BCUT2D eigenvalue weighted by atomic mass is 10.0. The van der Waals surface area contributed by atoms with Crippen LogP contribution < -0.4 is 10.6 Å². The van der Waals surface area contributed by atoms with Gasteiger partial charge in [-0.25, -0.2) is 0 Å². The van der Waals surface area contributed by atoms with Crippen LogP contribution in [0.4, 0.5) is 0 Å². The van der Waals surface area contributed by atoms with E-state index < -0.39 is 0 Å². The highest BCUT2D eigenvalue weighted by Crippen LogP contribution is 2.28. The molecule has 0 aromatic heterocycles. The maximum absolute atomic E-state index is 4.45. The van der Waals surface area contributed by atoms with E-state index >= 15 is 0 Å². The lowest BCUT2D eigenvalue weighted by molar-refractivity contribution is 0.212. The normalized spacial score (nSPS) is 26.5. The molecular weight excluding hydrogens is 431 g/mol. The highest BCUT2D eigenvalue weighted by molar-refractivity contribution is 14.0. The van der Waals surface area contributed by atoms with Crippen molar-refractivity contribution in [1.82, 2.24) is 15.5 Å². The van der Waals surface area contributed by atoms with Crippen LogP contribution in [0.25, 0.3) is 0 Å². The highest BCUT2D eigenvalue weighted by Gasteiger charge is 2.26. The molecule has 1 heterocycles. The fraction of sp³-hybridized carbons (Fsp3) is 0.944. The van der Waals surface area contributed by atoms with Gasteiger partial charge in [0, 0.05) is 30.9 Å². The Morgan fingerprint density at radius 1 is 1.25 bits per heavy atom. The molecule has 24 heavy (non-hydrogen) atoms. The van der Waals surface area contributed by atoms with Crippen molar-refractivity contribution in [3.05, 3.63) is 0 Å². The molecule has 4 nitrogen and oxygen atoms in total. The molecule has 6 heteroatoms. The van der Waals surface area contributed by atoms with Crippen molar-refractivity contribution in [2.75, 3.05) is 32.9 Å². The van der Waals surface area contributed by atoms with Crippen LogP contribution in [-0.4, -0.2) is 61.1 Å². The molecule has 0 aromatic rings. The van der Waals surface area contributed by atoms with Gasteiger partial charge in [0.25, 0.3) is 0 Å². The Hall–Kier alpha value is 0.310. The van der Waals surface area contributed by atoms with Gasteiger partial charge in [-0.2, -0.15) is 11.8 Å². The zero-order chi connectivity index (χ0) is 16.7. The molecule has 0 bridgehead atoms. The summed E-state index contributed by atoms with van der Waals surface area (Å²) >= 11 is 2.01. The third-order valence-corrected chi connectivity index (χ3v) is 6.28. The maximum atomic E-state index is 4.45. The second-order valence-electron chi connectivity index (χ2n) is 7.49. The van der Waals surface area contributed by atoms with E-state index in [4.69, 9.17) is 0 Å². The van der Waals surface area contributed by atoms with Crippen molar-refractivity contribution in [3.8, 4) is 0 Å². The van der Waals surface area contributed by atoms with Crippen LogP contribution >= 0.6 is 35.7 Å². The SMILES string of the molecule is CN=C(NCC(CC(C)C)N1CCCC1)NC1CCC(SC)C1.I. The number of nitrogens with zero attached hydrogens (tertiary/aromatic N) is 2. The first-order valence-electron chi connectivity index (χ1n) is 9.36. The molecule has 2 aliphatic rings. The molecule has 0 radical (unpaired) electrons. The van der Waals surface area contributed by atoms with E-state index in [0.29, 0.717) is 12.1 Å². The van der Waals surface area contributed by atoms with E-state index in [0.717, 1.165) is 23.7 Å². The number of hydrogen-bond acceptors (Lipinski definition) is 3. The van der Waals surface area contributed by atoms with Gasteiger partial charge in [0.1, 0.15) is 0 Å². The number of guanidine groups is 1. The minimum absolute atomic E-state index is 0. The van der Waals surface area contributed by atoms with Crippen molar-refractivity contribution in [2.24, 2.45) is 10.9 Å². The molecule has 1 saturated heterocycles. The summed E-state index contributed by atoms with van der Waals surface area (Å²) in [5, 5.41) is 8.06. The molecule has 3 unspecified atom stereocenters. The van der Waals surface area contributed by atoms with E-state index in [2.05, 4.69) is 40.6 Å². The summed E-state index contributed by atoms with van der Waals surface area (Å²) in [7, 11) is 1.89. The minimum atomic E-state index is 0. The Bertz CT molecular complexity index is 372. The largest absolute Gasteiger partial charge is 0.355 e. The Morgan fingerprint density at radius 2 is 1.96 bits per heavy atom. The van der Waals surface area contributed by atoms with Gasteiger partial charge in [-0.15, -0.1) is 24.0 Å². The number of nitrogens with one attached hydrogen (secondary N) is 2. The molecule has 2 N–H and O–H groups in total. The Kier molecular flexibility index (Phi) is 11.0. The minimum Gasteiger partial charge on any atom is -0.355 e. The molecule has 0 spiro atoms. The Labute approximate surface area is 170 Å². The molecule has 0 aromatic carbocycles. The van der Waals surface area contributed by atoms with Crippen molar-refractivity contribution in [1.29, 1.82) is 0 Å². The summed E-state index contributed by atoms with van der Waals surface area (Å²) in [5.74, 6) is 1.74. The third-order valence-electron chi connectivity index (χ3n) is 5.19. The monoisotopic (exact) mass is 468 g/mol. The third kappa shape index (κ3) is 7.28. The lowest BCUT2D eigenvalue weighted by Gasteiger charge is -2.30. The molecular formula is C18H37IN4S. The van der Waals surface area contributed by atoms with Crippen LogP contribution in [0.5, 0.6) is 0 Å². The number of hydrogen-bond donors (Lipinski definition) is 2. The summed E-state index contributed by atoms with van der Waals surface area (Å²) in [6.07, 6.45) is 10.1. The van der Waals surface area contributed by atoms with Crippen LogP contribution in [-0.2, 0) is 0 Å². The second kappa shape index (κ2) is 11.8. The van der Waals surface area contributed by atoms with Gasteiger partial charge >= 0.3 is 0 Å². The molecule has 1 saturated carbocycles. The smallest absolute Gasteiger partial charge is 0.191 e. The fourth-order valence-corrected chi connectivity index (χ4v) is 4.70. The first-order valence-corrected chi connectivity index (χ1v) is 10.6. The van der Waals surface area contributed by atoms with E-state index in [9.17, 15) is 0 Å². The number of aliphatic imine (C=N–C) groups is 1. The van der Waals surface area contributed by atoms with Crippen molar-refractivity contribution in [3.63, 3.8) is 0 Å². The van der Waals surface area contributed by atoms with Gasteiger partial charge in [-0.3, -0.25) is 9.89 Å². The predicted octanol–water partition coefficient (Wildman–Crippen LogP) is 3.56. The molecule has 142 valence electrons. The number of thioether (sulfide) groups is 1. The Balaban J connectivity index is 0.00000288. The zero-order valence-corrected chi connectivity index (χ0v) is 19.0. The first-order chi connectivity index (χ1) is 11.1. The lowest BCUT2D eigenvalue weighted by Crippen LogP contribution is -2.48. The zero-order valence-electron chi connectivity index (χ0n) is 15.9. The van der Waals surface area contributed by atoms with Crippen LogP contribution in [0.3, 0.4) is 0 Å². The molecule has 1 aliphatic carbocycles. The van der Waals surface area contributed by atoms with Gasteiger partial charge in [-0.1, -0.05) is 13.8 Å². The van der Waals surface area contributed by atoms with Gasteiger partial charge in [0.2, 0.25) is 0 Å². The highest BCUT2D eigenvalue weighted by atomic mass is 127. The van der Waals surface area contributed by atoms with E-state index in [-0.39, 0.29) is 24.0 Å². The molecule has 0 amide bonds. The van der Waals surface area contributed by atoms with E-state index in [1.807, 2.05) is 18.8 Å². The standard InChI is InChI=1S/C18H36N4S.HI/c1-14(2)11-16(22-9-5-6-10-22)13-20-18(19-3)21-15-7-8-17(12-15)23-4;/h14-17H,5-13H2,1-4H3,(H2,19,20,21);1H. The number of likely N-dealkylation sites (tertiary alicyclic amines) is 1. The topological polar surface area (TPSA) is 39.7 Å². The van der Waals surface area contributed by atoms with Gasteiger partial charge < -0.3 is 10.6 Å². The van der Waals surface area contributed by atoms with Gasteiger partial charge in [0.05, 0.1) is 0 Å². The molecule has 2 fully saturated rings. The maximum Gasteiger partial charge on any atom is 0.191 e. The average Bonchev–Trinajstić information content (AvgIpc) is 3.20. The summed E-state index contributed by atoms with van der Waals surface area (Å²) in [5.41, 5.74) is 0. The summed E-state index contributed by atoms with van der Waals surface area (Å²) < 4.78 is 0. The van der Waals surface area contributed by atoms with E-state index in [1.165, 1.54) is 51.6 Å².